The van der Waals surface area contributed by atoms with E-state index < -0.39 is 0 Å². The molecular formula is C18H24N2O2S. The highest BCUT2D eigenvalue weighted by Gasteiger charge is 2.17. The molecule has 1 atom stereocenters. The molecule has 0 saturated carbocycles. The molecule has 0 fully saturated rings. The Morgan fingerprint density at radius 2 is 2.13 bits per heavy atom. The van der Waals surface area contributed by atoms with Crippen LogP contribution in [0.2, 0.25) is 0 Å². The van der Waals surface area contributed by atoms with E-state index >= 15 is 0 Å². The van der Waals surface area contributed by atoms with Gasteiger partial charge in [0.1, 0.15) is 0 Å². The third kappa shape index (κ3) is 3.67. The van der Waals surface area contributed by atoms with Gasteiger partial charge in [0.25, 0.3) is 0 Å². The van der Waals surface area contributed by atoms with Crippen LogP contribution in [0.15, 0.2) is 18.2 Å². The number of thiazole rings is 1. The van der Waals surface area contributed by atoms with Crippen molar-refractivity contribution in [1.82, 2.24) is 10.3 Å². The van der Waals surface area contributed by atoms with Gasteiger partial charge in [-0.1, -0.05) is 19.1 Å². The number of rotatable bonds is 5. The molecule has 0 amide bonds. The third-order valence-electron chi connectivity index (χ3n) is 4.02. The van der Waals surface area contributed by atoms with Gasteiger partial charge in [0, 0.05) is 29.4 Å². The minimum atomic E-state index is 0.273. The predicted octanol–water partition coefficient (Wildman–Crippen LogP) is 4.03. The van der Waals surface area contributed by atoms with E-state index in [2.05, 4.69) is 37.1 Å². The molecule has 1 unspecified atom stereocenters. The standard InChI is InChI=1S/C18H24N2O2S/c1-4-16-20-13(3)18(23-16)12(2)19-11-14-7-5-8-15-17(14)22-10-6-9-21-15/h5,7-8,12,19H,4,6,9-11H2,1-3H3. The molecule has 1 aliphatic heterocycles. The Kier molecular flexibility index (Phi) is 5.18. The number of nitrogens with zero attached hydrogens (tertiary/aromatic N) is 1. The van der Waals surface area contributed by atoms with Gasteiger partial charge >= 0.3 is 0 Å². The van der Waals surface area contributed by atoms with Crippen molar-refractivity contribution in [1.29, 1.82) is 0 Å². The lowest BCUT2D eigenvalue weighted by molar-refractivity contribution is 0.296. The highest BCUT2D eigenvalue weighted by molar-refractivity contribution is 7.11. The molecule has 1 aromatic carbocycles. The number of aryl methyl sites for hydroxylation is 2. The smallest absolute Gasteiger partial charge is 0.165 e. The van der Waals surface area contributed by atoms with Gasteiger partial charge in [0.05, 0.1) is 23.9 Å². The van der Waals surface area contributed by atoms with Crippen molar-refractivity contribution >= 4 is 11.3 Å². The molecule has 2 aromatic rings. The monoisotopic (exact) mass is 332 g/mol. The van der Waals surface area contributed by atoms with Crippen LogP contribution in [0.1, 0.15) is 47.5 Å². The maximum Gasteiger partial charge on any atom is 0.165 e. The molecule has 124 valence electrons. The van der Waals surface area contributed by atoms with E-state index in [0.29, 0.717) is 6.61 Å². The zero-order chi connectivity index (χ0) is 16.2. The Labute approximate surface area is 141 Å². The quantitative estimate of drug-likeness (QED) is 0.898. The Hall–Kier alpha value is -1.59. The van der Waals surface area contributed by atoms with Crippen molar-refractivity contribution in [3.8, 4) is 11.5 Å². The molecule has 1 aliphatic rings. The number of benzene rings is 1. The van der Waals surface area contributed by atoms with Gasteiger partial charge in [-0.3, -0.25) is 0 Å². The number of hydrogen-bond acceptors (Lipinski definition) is 5. The van der Waals surface area contributed by atoms with Crippen molar-refractivity contribution in [3.63, 3.8) is 0 Å². The molecule has 0 aliphatic carbocycles. The number of aromatic nitrogens is 1. The number of fused-ring (bicyclic) bond motifs is 1. The molecule has 3 rings (SSSR count). The van der Waals surface area contributed by atoms with Crippen LogP contribution >= 0.6 is 11.3 Å². The lowest BCUT2D eigenvalue weighted by Crippen LogP contribution is -2.18. The summed E-state index contributed by atoms with van der Waals surface area (Å²) in [5.41, 5.74) is 2.28. The van der Waals surface area contributed by atoms with Crippen LogP contribution in [0.25, 0.3) is 0 Å². The summed E-state index contributed by atoms with van der Waals surface area (Å²) in [6, 6.07) is 6.39. The van der Waals surface area contributed by atoms with Crippen LogP contribution in [0.4, 0.5) is 0 Å². The summed E-state index contributed by atoms with van der Waals surface area (Å²) in [6.45, 7) is 8.63. The molecule has 0 bridgehead atoms. The molecule has 0 saturated heterocycles. The minimum Gasteiger partial charge on any atom is -0.490 e. The Balaban J connectivity index is 1.71. The Morgan fingerprint density at radius 1 is 1.30 bits per heavy atom. The van der Waals surface area contributed by atoms with E-state index in [-0.39, 0.29) is 6.04 Å². The molecule has 23 heavy (non-hydrogen) atoms. The van der Waals surface area contributed by atoms with E-state index in [9.17, 15) is 0 Å². The average Bonchev–Trinajstić information content (AvgIpc) is 2.78. The molecule has 0 spiro atoms. The predicted molar refractivity (Wildman–Crippen MR) is 93.5 cm³/mol. The minimum absolute atomic E-state index is 0.273. The lowest BCUT2D eigenvalue weighted by atomic mass is 10.1. The van der Waals surface area contributed by atoms with E-state index in [1.807, 2.05) is 12.1 Å². The fourth-order valence-electron chi connectivity index (χ4n) is 2.77. The topological polar surface area (TPSA) is 43.4 Å². The van der Waals surface area contributed by atoms with Crippen LogP contribution in [-0.4, -0.2) is 18.2 Å². The van der Waals surface area contributed by atoms with Gasteiger partial charge in [-0.15, -0.1) is 11.3 Å². The van der Waals surface area contributed by atoms with Gasteiger partial charge in [-0.05, 0) is 26.3 Å². The zero-order valence-corrected chi connectivity index (χ0v) is 14.8. The Bertz CT molecular complexity index is 669. The summed E-state index contributed by atoms with van der Waals surface area (Å²) in [5, 5.41) is 4.80. The van der Waals surface area contributed by atoms with Crippen LogP contribution in [0.3, 0.4) is 0 Å². The lowest BCUT2D eigenvalue weighted by Gasteiger charge is -2.16. The third-order valence-corrected chi connectivity index (χ3v) is 5.51. The highest BCUT2D eigenvalue weighted by Crippen LogP contribution is 2.34. The van der Waals surface area contributed by atoms with E-state index in [1.165, 1.54) is 9.88 Å². The van der Waals surface area contributed by atoms with E-state index in [1.54, 1.807) is 11.3 Å². The first-order valence-electron chi connectivity index (χ1n) is 8.26. The number of hydrogen-bond donors (Lipinski definition) is 1. The van der Waals surface area contributed by atoms with Crippen LogP contribution < -0.4 is 14.8 Å². The fraction of sp³-hybridized carbons (Fsp3) is 0.500. The van der Waals surface area contributed by atoms with Gasteiger partial charge in [0.2, 0.25) is 0 Å². The molecule has 4 nitrogen and oxygen atoms in total. The summed E-state index contributed by atoms with van der Waals surface area (Å²) in [6.07, 6.45) is 1.92. The second-order valence-corrected chi connectivity index (χ2v) is 6.92. The zero-order valence-electron chi connectivity index (χ0n) is 14.0. The first-order chi connectivity index (χ1) is 11.2. The maximum absolute atomic E-state index is 5.89. The fourth-order valence-corrected chi connectivity index (χ4v) is 3.80. The molecule has 1 aromatic heterocycles. The first kappa shape index (κ1) is 16.3. The number of ether oxygens (including phenoxy) is 2. The second kappa shape index (κ2) is 7.32. The summed E-state index contributed by atoms with van der Waals surface area (Å²) in [4.78, 5) is 5.94. The van der Waals surface area contributed by atoms with Gasteiger partial charge in [-0.2, -0.15) is 0 Å². The van der Waals surface area contributed by atoms with Crippen molar-refractivity contribution in [2.24, 2.45) is 0 Å². The largest absolute Gasteiger partial charge is 0.490 e. The summed E-state index contributed by atoms with van der Waals surface area (Å²) < 4.78 is 11.6. The molecule has 0 radical (unpaired) electrons. The van der Waals surface area contributed by atoms with Crippen molar-refractivity contribution in [2.45, 2.75) is 46.2 Å². The van der Waals surface area contributed by atoms with Gasteiger partial charge in [-0.25, -0.2) is 4.98 Å². The number of nitrogens with one attached hydrogen (secondary N) is 1. The van der Waals surface area contributed by atoms with E-state index in [0.717, 1.165) is 48.7 Å². The second-order valence-electron chi connectivity index (χ2n) is 5.81. The summed E-state index contributed by atoms with van der Waals surface area (Å²) in [5.74, 6) is 1.75. The molecular weight excluding hydrogens is 308 g/mol. The Morgan fingerprint density at radius 3 is 2.91 bits per heavy atom. The molecule has 1 N–H and O–H groups in total. The van der Waals surface area contributed by atoms with Crippen LogP contribution in [-0.2, 0) is 13.0 Å². The number of para-hydroxylation sites is 1. The van der Waals surface area contributed by atoms with Crippen molar-refractivity contribution in [2.75, 3.05) is 13.2 Å². The van der Waals surface area contributed by atoms with Gasteiger partial charge in [0.15, 0.2) is 11.5 Å². The maximum atomic E-state index is 5.89. The van der Waals surface area contributed by atoms with Crippen molar-refractivity contribution in [3.05, 3.63) is 39.3 Å². The summed E-state index contributed by atoms with van der Waals surface area (Å²) in [7, 11) is 0. The molecule has 5 heteroatoms. The van der Waals surface area contributed by atoms with E-state index in [4.69, 9.17) is 9.47 Å². The average molecular weight is 332 g/mol. The van der Waals surface area contributed by atoms with Crippen molar-refractivity contribution < 1.29 is 9.47 Å². The highest BCUT2D eigenvalue weighted by atomic mass is 32.1. The summed E-state index contributed by atoms with van der Waals surface area (Å²) >= 11 is 1.81. The van der Waals surface area contributed by atoms with Gasteiger partial charge < -0.3 is 14.8 Å². The van der Waals surface area contributed by atoms with Crippen LogP contribution in [0.5, 0.6) is 11.5 Å². The molecule has 2 heterocycles. The normalized spacial score (nSPS) is 15.3. The SMILES string of the molecule is CCc1nc(C)c(C(C)NCc2cccc3c2OCCCO3)s1. The first-order valence-corrected chi connectivity index (χ1v) is 9.07. The van der Waals surface area contributed by atoms with Crippen LogP contribution in [0, 0.1) is 6.92 Å².